The van der Waals surface area contributed by atoms with Gasteiger partial charge in [0.1, 0.15) is 0 Å². The van der Waals surface area contributed by atoms with Crippen LogP contribution in [-0.4, -0.2) is 36.9 Å². The molecule has 2 aliphatic rings. The normalized spacial score (nSPS) is 17.6. The SMILES string of the molecule is Cc1cc(Cl)cc2sc(N(C[C@@H]3CCCO3)C(=O)Cc3ccc4c(c3)OCO4)nc12. The number of benzene rings is 2. The zero-order chi connectivity index (χ0) is 20.7. The average Bonchev–Trinajstić information content (AvgIpc) is 3.46. The Bertz CT molecular complexity index is 1110. The van der Waals surface area contributed by atoms with E-state index in [9.17, 15) is 4.79 Å². The molecular formula is C22H21ClN2O4S. The van der Waals surface area contributed by atoms with Crippen LogP contribution in [0.25, 0.3) is 10.2 Å². The first-order valence-electron chi connectivity index (χ1n) is 9.94. The van der Waals surface area contributed by atoms with Crippen LogP contribution in [0, 0.1) is 6.92 Å². The highest BCUT2D eigenvalue weighted by Crippen LogP contribution is 2.35. The lowest BCUT2D eigenvalue weighted by Gasteiger charge is -2.23. The van der Waals surface area contributed by atoms with E-state index in [1.54, 1.807) is 4.90 Å². The quantitative estimate of drug-likeness (QED) is 0.568. The molecule has 156 valence electrons. The number of halogens is 1. The fourth-order valence-corrected chi connectivity index (χ4v) is 5.30. The maximum atomic E-state index is 13.4. The molecule has 0 saturated carbocycles. The number of amides is 1. The molecule has 2 aliphatic heterocycles. The van der Waals surface area contributed by atoms with Crippen molar-refractivity contribution in [2.45, 2.75) is 32.3 Å². The summed E-state index contributed by atoms with van der Waals surface area (Å²) in [4.78, 5) is 19.9. The molecule has 30 heavy (non-hydrogen) atoms. The fraction of sp³-hybridized carbons (Fsp3) is 0.364. The Kier molecular flexibility index (Phi) is 5.26. The number of carbonyl (C=O) groups is 1. The average molecular weight is 445 g/mol. The van der Waals surface area contributed by atoms with E-state index in [2.05, 4.69) is 0 Å². The van der Waals surface area contributed by atoms with Gasteiger partial charge in [-0.05, 0) is 55.2 Å². The van der Waals surface area contributed by atoms with Gasteiger partial charge in [-0.1, -0.05) is 29.0 Å². The molecule has 5 rings (SSSR count). The third-order valence-corrected chi connectivity index (χ3v) is 6.62. The number of fused-ring (bicyclic) bond motifs is 2. The van der Waals surface area contributed by atoms with Crippen molar-refractivity contribution in [2.24, 2.45) is 0 Å². The molecule has 2 aromatic carbocycles. The lowest BCUT2D eigenvalue weighted by atomic mass is 10.1. The Morgan fingerprint density at radius 1 is 1.27 bits per heavy atom. The van der Waals surface area contributed by atoms with Crippen LogP contribution in [0.15, 0.2) is 30.3 Å². The molecule has 0 radical (unpaired) electrons. The summed E-state index contributed by atoms with van der Waals surface area (Å²) in [5, 5.41) is 1.35. The van der Waals surface area contributed by atoms with Crippen molar-refractivity contribution in [1.29, 1.82) is 0 Å². The molecule has 6 nitrogen and oxygen atoms in total. The van der Waals surface area contributed by atoms with Gasteiger partial charge in [-0.2, -0.15) is 0 Å². The lowest BCUT2D eigenvalue weighted by molar-refractivity contribution is -0.118. The summed E-state index contributed by atoms with van der Waals surface area (Å²) in [6.07, 6.45) is 2.24. The number of rotatable bonds is 5. The second-order valence-corrected chi connectivity index (χ2v) is 9.02. The van der Waals surface area contributed by atoms with Crippen LogP contribution in [0.2, 0.25) is 5.02 Å². The molecule has 3 heterocycles. The first-order chi connectivity index (χ1) is 14.6. The van der Waals surface area contributed by atoms with Gasteiger partial charge in [0, 0.05) is 11.6 Å². The number of anilines is 1. The van der Waals surface area contributed by atoms with E-state index in [0.29, 0.717) is 28.2 Å². The first kappa shape index (κ1) is 19.6. The van der Waals surface area contributed by atoms with Gasteiger partial charge in [-0.15, -0.1) is 0 Å². The van der Waals surface area contributed by atoms with Gasteiger partial charge < -0.3 is 14.2 Å². The van der Waals surface area contributed by atoms with E-state index in [1.807, 2.05) is 37.3 Å². The van der Waals surface area contributed by atoms with E-state index in [0.717, 1.165) is 40.8 Å². The predicted octanol–water partition coefficient (Wildman–Crippen LogP) is 4.74. The monoisotopic (exact) mass is 444 g/mol. The summed E-state index contributed by atoms with van der Waals surface area (Å²) in [7, 11) is 0. The van der Waals surface area contributed by atoms with Crippen LogP contribution in [-0.2, 0) is 16.0 Å². The minimum absolute atomic E-state index is 0.0211. The molecule has 0 N–H and O–H groups in total. The summed E-state index contributed by atoms with van der Waals surface area (Å²) < 4.78 is 17.6. The molecule has 1 aromatic heterocycles. The fourth-order valence-electron chi connectivity index (χ4n) is 3.86. The molecule has 0 unspecified atom stereocenters. The molecule has 8 heteroatoms. The second kappa shape index (κ2) is 8.06. The summed E-state index contributed by atoms with van der Waals surface area (Å²) in [6.45, 7) is 3.43. The Morgan fingerprint density at radius 2 is 2.13 bits per heavy atom. The number of hydrogen-bond acceptors (Lipinski definition) is 6. The molecule has 1 amide bonds. The van der Waals surface area contributed by atoms with E-state index >= 15 is 0 Å². The molecular weight excluding hydrogens is 424 g/mol. The summed E-state index contributed by atoms with van der Waals surface area (Å²) in [6, 6.07) is 9.41. The minimum atomic E-state index is -0.0211. The van der Waals surface area contributed by atoms with E-state index in [4.69, 9.17) is 30.8 Å². The summed E-state index contributed by atoms with van der Waals surface area (Å²) >= 11 is 7.71. The third-order valence-electron chi connectivity index (χ3n) is 5.37. The van der Waals surface area contributed by atoms with Gasteiger partial charge >= 0.3 is 0 Å². The van der Waals surface area contributed by atoms with Gasteiger partial charge in [0.2, 0.25) is 12.7 Å². The maximum Gasteiger partial charge on any atom is 0.233 e. The smallest absolute Gasteiger partial charge is 0.233 e. The second-order valence-electron chi connectivity index (χ2n) is 7.57. The van der Waals surface area contributed by atoms with Crippen molar-refractivity contribution < 1.29 is 19.0 Å². The van der Waals surface area contributed by atoms with Crippen LogP contribution < -0.4 is 14.4 Å². The number of ether oxygens (including phenoxy) is 3. The molecule has 1 fully saturated rings. The first-order valence-corrected chi connectivity index (χ1v) is 11.1. The number of thiazole rings is 1. The maximum absolute atomic E-state index is 13.4. The topological polar surface area (TPSA) is 60.9 Å². The molecule has 0 spiro atoms. The summed E-state index contributed by atoms with van der Waals surface area (Å²) in [5.74, 6) is 1.37. The van der Waals surface area contributed by atoms with Crippen molar-refractivity contribution in [3.05, 3.63) is 46.5 Å². The van der Waals surface area contributed by atoms with Crippen molar-refractivity contribution >= 4 is 44.2 Å². The number of carbonyl (C=O) groups excluding carboxylic acids is 1. The van der Waals surface area contributed by atoms with Crippen molar-refractivity contribution in [3.8, 4) is 11.5 Å². The Morgan fingerprint density at radius 3 is 2.97 bits per heavy atom. The highest BCUT2D eigenvalue weighted by atomic mass is 35.5. The van der Waals surface area contributed by atoms with E-state index in [-0.39, 0.29) is 25.2 Å². The van der Waals surface area contributed by atoms with Crippen LogP contribution >= 0.6 is 22.9 Å². The third kappa shape index (κ3) is 3.85. The van der Waals surface area contributed by atoms with Crippen LogP contribution in [0.5, 0.6) is 11.5 Å². The number of aromatic nitrogens is 1. The number of nitrogens with zero attached hydrogens (tertiary/aromatic N) is 2. The van der Waals surface area contributed by atoms with Crippen LogP contribution in [0.4, 0.5) is 5.13 Å². The zero-order valence-corrected chi connectivity index (χ0v) is 18.1. The van der Waals surface area contributed by atoms with Crippen LogP contribution in [0.3, 0.4) is 0 Å². The minimum Gasteiger partial charge on any atom is -0.454 e. The van der Waals surface area contributed by atoms with E-state index < -0.39 is 0 Å². The van der Waals surface area contributed by atoms with Crippen LogP contribution in [0.1, 0.15) is 24.0 Å². The van der Waals surface area contributed by atoms with Crippen molar-refractivity contribution in [3.63, 3.8) is 0 Å². The van der Waals surface area contributed by atoms with Gasteiger partial charge in [0.25, 0.3) is 0 Å². The Balaban J connectivity index is 1.45. The highest BCUT2D eigenvalue weighted by Gasteiger charge is 2.27. The standard InChI is InChI=1S/C22H21ClN2O4S/c1-13-7-15(23)10-19-21(13)24-22(30-19)25(11-16-3-2-6-27-16)20(26)9-14-4-5-17-18(8-14)29-12-28-17/h4-5,7-8,10,16H,2-3,6,9,11-12H2,1H3/t16-/m0/s1. The molecule has 0 aliphatic carbocycles. The molecule has 1 saturated heterocycles. The number of aryl methyl sites for hydroxylation is 1. The largest absolute Gasteiger partial charge is 0.454 e. The zero-order valence-electron chi connectivity index (χ0n) is 16.5. The Hall–Kier alpha value is -2.35. The van der Waals surface area contributed by atoms with Gasteiger partial charge in [0.05, 0.1) is 29.3 Å². The Labute approximate surface area is 183 Å². The van der Waals surface area contributed by atoms with E-state index in [1.165, 1.54) is 11.3 Å². The number of hydrogen-bond donors (Lipinski definition) is 0. The highest BCUT2D eigenvalue weighted by molar-refractivity contribution is 7.22. The molecule has 3 aromatic rings. The van der Waals surface area contributed by atoms with Crippen molar-refractivity contribution in [2.75, 3.05) is 24.8 Å². The summed E-state index contributed by atoms with van der Waals surface area (Å²) in [5.41, 5.74) is 2.76. The lowest BCUT2D eigenvalue weighted by Crippen LogP contribution is -2.38. The van der Waals surface area contributed by atoms with Gasteiger partial charge in [0.15, 0.2) is 16.6 Å². The van der Waals surface area contributed by atoms with Gasteiger partial charge in [-0.25, -0.2) is 4.98 Å². The molecule has 0 bridgehead atoms. The van der Waals surface area contributed by atoms with Crippen molar-refractivity contribution in [1.82, 2.24) is 4.98 Å². The van der Waals surface area contributed by atoms with Gasteiger partial charge in [-0.3, -0.25) is 9.69 Å². The predicted molar refractivity (Wildman–Crippen MR) is 117 cm³/mol. The molecule has 1 atom stereocenters.